The highest BCUT2D eigenvalue weighted by molar-refractivity contribution is 7.93. The Hall–Kier alpha value is -3.28. The van der Waals surface area contributed by atoms with Crippen molar-refractivity contribution in [1.29, 1.82) is 10.8 Å². The molecule has 0 aliphatic carbocycles. The van der Waals surface area contributed by atoms with Gasteiger partial charge in [0.2, 0.25) is 10.0 Å². The number of amidine groups is 2. The third-order valence-electron chi connectivity index (χ3n) is 6.85. The lowest BCUT2D eigenvalue weighted by Crippen LogP contribution is -2.40. The fourth-order valence-electron chi connectivity index (χ4n) is 4.96. The number of ether oxygens (including phenoxy) is 2. The molecule has 1 atom stereocenters. The van der Waals surface area contributed by atoms with Gasteiger partial charge in [-0.25, -0.2) is 8.42 Å². The minimum absolute atomic E-state index is 0. The largest absolute Gasteiger partial charge is 0.490 e. The number of piperidine rings is 1. The molecular weight excluding hydrogens is 589 g/mol. The molecule has 10 nitrogen and oxygen atoms in total. The summed E-state index contributed by atoms with van der Waals surface area (Å²) in [5.74, 6) is -0.381. The van der Waals surface area contributed by atoms with Crippen molar-refractivity contribution in [2.75, 3.05) is 29.8 Å². The van der Waals surface area contributed by atoms with Crippen molar-refractivity contribution in [3.63, 3.8) is 0 Å². The van der Waals surface area contributed by atoms with Gasteiger partial charge in [-0.15, -0.1) is 24.8 Å². The summed E-state index contributed by atoms with van der Waals surface area (Å²) >= 11 is 0. The molecule has 0 amide bonds. The SMILES string of the molecule is CCOC(=O)CS(=O)(=O)N1c2ccc(OC3CCN(C(C)=N)CC3)cc2CC1/C=C/c1cccc(C(=N)N)c1.Cl.Cl. The Morgan fingerprint density at radius 3 is 2.46 bits per heavy atom. The predicted octanol–water partition coefficient (Wildman–Crippen LogP) is 3.99. The van der Waals surface area contributed by atoms with Gasteiger partial charge in [-0.05, 0) is 55.7 Å². The molecule has 0 spiro atoms. The van der Waals surface area contributed by atoms with Crippen molar-refractivity contribution in [3.05, 3.63) is 65.2 Å². The van der Waals surface area contributed by atoms with Gasteiger partial charge in [-0.2, -0.15) is 0 Å². The number of nitrogens with two attached hydrogens (primary N) is 1. The zero-order valence-corrected chi connectivity index (χ0v) is 25.5. The second kappa shape index (κ2) is 14.6. The van der Waals surface area contributed by atoms with Crippen molar-refractivity contribution in [1.82, 2.24) is 4.90 Å². The zero-order chi connectivity index (χ0) is 28.2. The number of carbonyl (C=O) groups is 1. The summed E-state index contributed by atoms with van der Waals surface area (Å²) in [6, 6.07) is 11.9. The Morgan fingerprint density at radius 1 is 1.12 bits per heavy atom. The molecule has 2 aromatic carbocycles. The Kier molecular flexibility index (Phi) is 12.0. The van der Waals surface area contributed by atoms with E-state index in [4.69, 9.17) is 26.0 Å². The molecule has 0 aromatic heterocycles. The highest BCUT2D eigenvalue weighted by Crippen LogP contribution is 2.38. The number of nitrogen functional groups attached to an aromatic ring is 1. The van der Waals surface area contributed by atoms with E-state index in [2.05, 4.69) is 0 Å². The van der Waals surface area contributed by atoms with Gasteiger partial charge in [0.25, 0.3) is 0 Å². The number of hydrogen-bond donors (Lipinski definition) is 3. The first-order chi connectivity index (χ1) is 18.6. The third kappa shape index (κ3) is 8.37. The molecule has 1 fully saturated rings. The first-order valence-electron chi connectivity index (χ1n) is 13.0. The van der Waals surface area contributed by atoms with Crippen molar-refractivity contribution in [2.45, 2.75) is 45.3 Å². The van der Waals surface area contributed by atoms with E-state index >= 15 is 0 Å². The van der Waals surface area contributed by atoms with Gasteiger partial charge in [-0.3, -0.25) is 19.9 Å². The number of anilines is 1. The topological polar surface area (TPSA) is 150 Å². The van der Waals surface area contributed by atoms with Gasteiger partial charge in [-0.1, -0.05) is 30.4 Å². The lowest BCUT2D eigenvalue weighted by atomic mass is 10.1. The highest BCUT2D eigenvalue weighted by Gasteiger charge is 2.38. The minimum atomic E-state index is -4.04. The number of benzene rings is 2. The molecule has 2 heterocycles. The van der Waals surface area contributed by atoms with Crippen LogP contribution in [0.4, 0.5) is 5.69 Å². The van der Waals surface area contributed by atoms with Gasteiger partial charge in [0.1, 0.15) is 17.7 Å². The maximum absolute atomic E-state index is 13.4. The quantitative estimate of drug-likeness (QED) is 0.216. The molecule has 2 aliphatic heterocycles. The number of fused-ring (bicyclic) bond motifs is 1. The van der Waals surface area contributed by atoms with Crippen LogP contribution in [0.3, 0.4) is 0 Å². The number of halogens is 2. The molecule has 224 valence electrons. The molecule has 4 rings (SSSR count). The van der Waals surface area contributed by atoms with Crippen molar-refractivity contribution in [2.24, 2.45) is 5.73 Å². The van der Waals surface area contributed by atoms with E-state index in [9.17, 15) is 13.2 Å². The predicted molar refractivity (Wildman–Crippen MR) is 166 cm³/mol. The molecule has 2 aromatic rings. The average Bonchev–Trinajstić information content (AvgIpc) is 3.26. The summed E-state index contributed by atoms with van der Waals surface area (Å²) in [5.41, 5.74) is 8.27. The standard InChI is InChI=1S/C28H35N5O5S.2ClH/c1-3-37-27(34)18-39(35,36)33-23(8-7-20-5-4-6-21(15-20)28(30)31)16-22-17-25(9-10-26(22)33)38-24-11-13-32(14-12-24)19(2)29;;/h4-10,15,17,23-24,29H,3,11-14,16,18H2,1-2H3,(H3,30,31);2*1H/b8-7+,29-19?;;. The van der Waals surface area contributed by atoms with Crippen molar-refractivity contribution < 1.29 is 22.7 Å². The van der Waals surface area contributed by atoms with Gasteiger partial charge < -0.3 is 20.1 Å². The molecule has 0 saturated carbocycles. The van der Waals surface area contributed by atoms with Gasteiger partial charge in [0, 0.05) is 31.5 Å². The maximum atomic E-state index is 13.4. The van der Waals surface area contributed by atoms with E-state index in [-0.39, 0.29) is 43.4 Å². The lowest BCUT2D eigenvalue weighted by molar-refractivity contribution is -0.139. The summed E-state index contributed by atoms with van der Waals surface area (Å²) in [6.07, 6.45) is 5.62. The minimum Gasteiger partial charge on any atom is -0.490 e. The lowest BCUT2D eigenvalue weighted by Gasteiger charge is -2.32. The van der Waals surface area contributed by atoms with Crippen molar-refractivity contribution in [3.8, 4) is 5.75 Å². The van der Waals surface area contributed by atoms with E-state index in [0.29, 0.717) is 29.3 Å². The molecule has 0 bridgehead atoms. The second-order valence-electron chi connectivity index (χ2n) is 9.71. The van der Waals surface area contributed by atoms with E-state index in [1.807, 2.05) is 17.0 Å². The molecule has 2 aliphatic rings. The highest BCUT2D eigenvalue weighted by atomic mass is 35.5. The first kappa shape index (κ1) is 33.9. The van der Waals surface area contributed by atoms with E-state index in [1.165, 1.54) is 4.31 Å². The van der Waals surface area contributed by atoms with Crippen LogP contribution in [0.5, 0.6) is 5.75 Å². The molecule has 41 heavy (non-hydrogen) atoms. The zero-order valence-electron chi connectivity index (χ0n) is 23.0. The van der Waals surface area contributed by atoms with Crippen molar-refractivity contribution >= 4 is 64.2 Å². The monoisotopic (exact) mass is 625 g/mol. The maximum Gasteiger partial charge on any atom is 0.323 e. The smallest absolute Gasteiger partial charge is 0.323 e. The summed E-state index contributed by atoms with van der Waals surface area (Å²) < 4.78 is 39.3. The molecule has 13 heteroatoms. The van der Waals surface area contributed by atoms with Crippen LogP contribution in [-0.2, 0) is 26.0 Å². The number of rotatable bonds is 9. The van der Waals surface area contributed by atoms with Gasteiger partial charge in [0.15, 0.2) is 5.75 Å². The molecule has 1 unspecified atom stereocenters. The molecule has 4 N–H and O–H groups in total. The first-order valence-corrected chi connectivity index (χ1v) is 14.6. The molecular formula is C28H37Cl2N5O5S. The summed E-state index contributed by atoms with van der Waals surface area (Å²) in [6.45, 7) is 5.05. The average molecular weight is 627 g/mol. The normalized spacial score (nSPS) is 16.9. The number of carbonyl (C=O) groups excluding carboxylic acids is 1. The van der Waals surface area contributed by atoms with Crippen LogP contribution in [-0.4, -0.2) is 68.6 Å². The van der Waals surface area contributed by atoms with Crippen LogP contribution >= 0.6 is 24.8 Å². The second-order valence-corrected chi connectivity index (χ2v) is 11.6. The van der Waals surface area contributed by atoms with E-state index in [1.54, 1.807) is 56.3 Å². The Balaban J connectivity index is 0.00000294. The number of nitrogens with zero attached hydrogens (tertiary/aromatic N) is 2. The Bertz CT molecular complexity index is 1390. The van der Waals surface area contributed by atoms with Crippen LogP contribution in [0.2, 0.25) is 0 Å². The van der Waals surface area contributed by atoms with Gasteiger partial charge >= 0.3 is 5.97 Å². The Morgan fingerprint density at radius 2 is 1.83 bits per heavy atom. The number of esters is 1. The number of likely N-dealkylation sites (tertiary alicyclic amines) is 1. The summed E-state index contributed by atoms with van der Waals surface area (Å²) in [7, 11) is -4.04. The molecule has 1 saturated heterocycles. The van der Waals surface area contributed by atoms with Crippen LogP contribution < -0.4 is 14.8 Å². The van der Waals surface area contributed by atoms with E-state index < -0.39 is 27.8 Å². The van der Waals surface area contributed by atoms with Crippen LogP contribution in [0, 0.1) is 10.8 Å². The van der Waals surface area contributed by atoms with Crippen LogP contribution in [0.1, 0.15) is 43.4 Å². The summed E-state index contributed by atoms with van der Waals surface area (Å²) in [5, 5.41) is 15.5. The number of sulfonamides is 1. The number of hydrogen-bond acceptors (Lipinski definition) is 7. The fraction of sp³-hybridized carbons (Fsp3) is 0.393. The Labute approximate surface area is 253 Å². The fourth-order valence-corrected chi connectivity index (χ4v) is 6.51. The van der Waals surface area contributed by atoms with E-state index in [0.717, 1.165) is 37.1 Å². The molecule has 0 radical (unpaired) electrons. The van der Waals surface area contributed by atoms with Crippen LogP contribution in [0.15, 0.2) is 48.5 Å². The van der Waals surface area contributed by atoms with Gasteiger partial charge in [0.05, 0.1) is 24.2 Å². The number of nitrogens with one attached hydrogen (secondary N) is 2. The summed E-state index contributed by atoms with van der Waals surface area (Å²) in [4.78, 5) is 14.2. The van der Waals surface area contributed by atoms with Crippen LogP contribution in [0.25, 0.3) is 6.08 Å². The third-order valence-corrected chi connectivity index (χ3v) is 8.52.